The Kier molecular flexibility index (Phi) is 4.32. The van der Waals surface area contributed by atoms with Crippen molar-refractivity contribution in [3.8, 4) is 11.1 Å². The van der Waals surface area contributed by atoms with Gasteiger partial charge in [-0.15, -0.1) is 0 Å². The second-order valence-electron chi connectivity index (χ2n) is 5.97. The van der Waals surface area contributed by atoms with Crippen LogP contribution < -0.4 is 5.32 Å². The maximum atomic E-state index is 6.10. The minimum atomic E-state index is 0.539. The first kappa shape index (κ1) is 14.6. The van der Waals surface area contributed by atoms with Gasteiger partial charge in [0.25, 0.3) is 0 Å². The number of nitrogens with zero attached hydrogens (tertiary/aromatic N) is 2. The predicted molar refractivity (Wildman–Crippen MR) is 87.8 cm³/mol. The van der Waals surface area contributed by atoms with E-state index >= 15 is 0 Å². The van der Waals surface area contributed by atoms with Gasteiger partial charge < -0.3 is 5.32 Å². The van der Waals surface area contributed by atoms with E-state index in [1.165, 1.54) is 36.8 Å². The molecule has 0 radical (unpaired) electrons. The van der Waals surface area contributed by atoms with Gasteiger partial charge in [-0.2, -0.15) is 5.10 Å². The first-order chi connectivity index (χ1) is 10.2. The molecule has 112 valence electrons. The molecule has 0 atom stereocenters. The average Bonchev–Trinajstić information content (AvgIpc) is 3.00. The molecule has 1 N–H and O–H groups in total. The molecule has 1 aromatic carbocycles. The first-order valence-electron chi connectivity index (χ1n) is 7.65. The van der Waals surface area contributed by atoms with Crippen molar-refractivity contribution in [2.24, 2.45) is 0 Å². The Balaban J connectivity index is 1.76. The predicted octanol–water partition coefficient (Wildman–Crippen LogP) is 4.22. The fourth-order valence-corrected chi connectivity index (χ4v) is 3.26. The van der Waals surface area contributed by atoms with Gasteiger partial charge in [-0.3, -0.25) is 4.68 Å². The highest BCUT2D eigenvalue weighted by Crippen LogP contribution is 2.30. The summed E-state index contributed by atoms with van der Waals surface area (Å²) in [6.07, 6.45) is 9.01. The number of aromatic nitrogens is 2. The molecule has 0 aliphatic heterocycles. The topological polar surface area (TPSA) is 29.9 Å². The number of halogens is 1. The van der Waals surface area contributed by atoms with Crippen molar-refractivity contribution in [1.82, 2.24) is 15.1 Å². The standard InChI is InChI=1S/C17H22ClN3/c1-12-9-13(3-8-17(12)18)14-10-20-21(11-14)16-6-4-15(19-2)5-7-16/h3,8-11,15-16,19H,4-7H2,1-2H3. The van der Waals surface area contributed by atoms with Gasteiger partial charge in [0.2, 0.25) is 0 Å². The van der Waals surface area contributed by atoms with Gasteiger partial charge >= 0.3 is 0 Å². The van der Waals surface area contributed by atoms with Gasteiger partial charge in [0.15, 0.2) is 0 Å². The van der Waals surface area contributed by atoms with Gasteiger partial charge in [0.1, 0.15) is 0 Å². The summed E-state index contributed by atoms with van der Waals surface area (Å²) in [5, 5.41) is 8.78. The Hall–Kier alpha value is -1.32. The maximum Gasteiger partial charge on any atom is 0.0568 e. The van der Waals surface area contributed by atoms with E-state index in [0.29, 0.717) is 12.1 Å². The summed E-state index contributed by atoms with van der Waals surface area (Å²) in [6.45, 7) is 2.04. The molecule has 4 heteroatoms. The molecule has 3 nitrogen and oxygen atoms in total. The van der Waals surface area contributed by atoms with Gasteiger partial charge in [0.05, 0.1) is 12.2 Å². The fraction of sp³-hybridized carbons (Fsp3) is 0.471. The molecule has 3 rings (SSSR count). The van der Waals surface area contributed by atoms with Crippen molar-refractivity contribution in [2.75, 3.05) is 7.05 Å². The Bertz CT molecular complexity index is 612. The number of benzene rings is 1. The highest BCUT2D eigenvalue weighted by Gasteiger charge is 2.21. The van der Waals surface area contributed by atoms with E-state index in [2.05, 4.69) is 40.5 Å². The van der Waals surface area contributed by atoms with Crippen molar-refractivity contribution >= 4 is 11.6 Å². The lowest BCUT2D eigenvalue weighted by atomic mass is 9.91. The summed E-state index contributed by atoms with van der Waals surface area (Å²) in [5.41, 5.74) is 3.47. The third-order valence-electron chi connectivity index (χ3n) is 4.57. The monoisotopic (exact) mass is 303 g/mol. The van der Waals surface area contributed by atoms with E-state index in [1.807, 2.05) is 19.2 Å². The van der Waals surface area contributed by atoms with Crippen LogP contribution in [0.3, 0.4) is 0 Å². The SMILES string of the molecule is CNC1CCC(n2cc(-c3ccc(Cl)c(C)c3)cn2)CC1. The molecule has 0 amide bonds. The molecule has 1 aliphatic rings. The first-order valence-corrected chi connectivity index (χ1v) is 8.03. The summed E-state index contributed by atoms with van der Waals surface area (Å²) in [4.78, 5) is 0. The lowest BCUT2D eigenvalue weighted by molar-refractivity contribution is 0.284. The average molecular weight is 304 g/mol. The fourth-order valence-electron chi connectivity index (χ4n) is 3.14. The highest BCUT2D eigenvalue weighted by molar-refractivity contribution is 6.31. The zero-order valence-corrected chi connectivity index (χ0v) is 13.4. The van der Waals surface area contributed by atoms with Crippen molar-refractivity contribution in [1.29, 1.82) is 0 Å². The van der Waals surface area contributed by atoms with E-state index in [4.69, 9.17) is 11.6 Å². The van der Waals surface area contributed by atoms with E-state index in [-0.39, 0.29) is 0 Å². The number of rotatable bonds is 3. The van der Waals surface area contributed by atoms with Crippen molar-refractivity contribution in [3.05, 3.63) is 41.2 Å². The molecule has 1 aromatic heterocycles. The number of hydrogen-bond acceptors (Lipinski definition) is 2. The van der Waals surface area contributed by atoms with Crippen LogP contribution in [0.15, 0.2) is 30.6 Å². The van der Waals surface area contributed by atoms with Crippen molar-refractivity contribution in [2.45, 2.75) is 44.7 Å². The summed E-state index contributed by atoms with van der Waals surface area (Å²) in [7, 11) is 2.06. The van der Waals surface area contributed by atoms with Crippen LogP contribution >= 0.6 is 11.6 Å². The molecule has 0 spiro atoms. The molecule has 2 aromatic rings. The smallest absolute Gasteiger partial charge is 0.0568 e. The molecular formula is C17H22ClN3. The van der Waals surface area contributed by atoms with E-state index in [1.54, 1.807) is 0 Å². The molecule has 0 bridgehead atoms. The third kappa shape index (κ3) is 3.14. The van der Waals surface area contributed by atoms with E-state index < -0.39 is 0 Å². The minimum Gasteiger partial charge on any atom is -0.317 e. The molecule has 0 saturated heterocycles. The lowest BCUT2D eigenvalue weighted by Crippen LogP contribution is -2.31. The second-order valence-corrected chi connectivity index (χ2v) is 6.37. The van der Waals surface area contributed by atoms with Crippen LogP contribution in [0.25, 0.3) is 11.1 Å². The Morgan fingerprint density at radius 2 is 1.95 bits per heavy atom. The number of hydrogen-bond donors (Lipinski definition) is 1. The van der Waals surface area contributed by atoms with E-state index in [0.717, 1.165) is 10.6 Å². The van der Waals surface area contributed by atoms with Crippen LogP contribution in [0, 0.1) is 6.92 Å². The van der Waals surface area contributed by atoms with Crippen LogP contribution in [0.1, 0.15) is 37.3 Å². The van der Waals surface area contributed by atoms with Gasteiger partial charge in [-0.05, 0) is 62.9 Å². The summed E-state index contributed by atoms with van der Waals surface area (Å²) >= 11 is 6.10. The molecule has 1 aliphatic carbocycles. The molecule has 1 saturated carbocycles. The quantitative estimate of drug-likeness (QED) is 0.920. The second kappa shape index (κ2) is 6.20. The molecule has 0 unspecified atom stereocenters. The van der Waals surface area contributed by atoms with Gasteiger partial charge in [0, 0.05) is 22.8 Å². The van der Waals surface area contributed by atoms with Crippen molar-refractivity contribution in [3.63, 3.8) is 0 Å². The molecule has 21 heavy (non-hydrogen) atoms. The van der Waals surface area contributed by atoms with Crippen LogP contribution in [0.2, 0.25) is 5.02 Å². The zero-order chi connectivity index (χ0) is 14.8. The molecule has 1 heterocycles. The zero-order valence-electron chi connectivity index (χ0n) is 12.6. The Morgan fingerprint density at radius 3 is 2.62 bits per heavy atom. The lowest BCUT2D eigenvalue weighted by Gasteiger charge is -2.28. The summed E-state index contributed by atoms with van der Waals surface area (Å²) < 4.78 is 2.14. The van der Waals surface area contributed by atoms with Crippen molar-refractivity contribution < 1.29 is 0 Å². The summed E-state index contributed by atoms with van der Waals surface area (Å²) in [6, 6.07) is 7.37. The third-order valence-corrected chi connectivity index (χ3v) is 5.00. The molecule has 1 fully saturated rings. The van der Waals surface area contributed by atoms with Crippen LogP contribution in [0.5, 0.6) is 0 Å². The van der Waals surface area contributed by atoms with E-state index in [9.17, 15) is 0 Å². The Labute approximate surface area is 131 Å². The van der Waals surface area contributed by atoms with Crippen LogP contribution in [0.4, 0.5) is 0 Å². The largest absolute Gasteiger partial charge is 0.317 e. The normalized spacial score (nSPS) is 22.4. The van der Waals surface area contributed by atoms with Crippen LogP contribution in [-0.4, -0.2) is 22.9 Å². The number of aryl methyl sites for hydroxylation is 1. The van der Waals surface area contributed by atoms with Gasteiger partial charge in [-0.1, -0.05) is 17.7 Å². The molecular weight excluding hydrogens is 282 g/mol. The number of nitrogens with one attached hydrogen (secondary N) is 1. The summed E-state index contributed by atoms with van der Waals surface area (Å²) in [5.74, 6) is 0. The Morgan fingerprint density at radius 1 is 1.19 bits per heavy atom. The van der Waals surface area contributed by atoms with Crippen LogP contribution in [-0.2, 0) is 0 Å². The minimum absolute atomic E-state index is 0.539. The maximum absolute atomic E-state index is 6.10. The highest BCUT2D eigenvalue weighted by atomic mass is 35.5. The van der Waals surface area contributed by atoms with Gasteiger partial charge in [-0.25, -0.2) is 0 Å².